The highest BCUT2D eigenvalue weighted by Crippen LogP contribution is 2.40. The van der Waals surface area contributed by atoms with Crippen LogP contribution in [0.5, 0.6) is 0 Å². The molecule has 0 saturated carbocycles. The summed E-state index contributed by atoms with van der Waals surface area (Å²) in [6.07, 6.45) is 2.91. The number of nitriles is 1. The van der Waals surface area contributed by atoms with Crippen molar-refractivity contribution in [3.63, 3.8) is 0 Å². The fraction of sp³-hybridized carbons (Fsp3) is 0.240. The van der Waals surface area contributed by atoms with Crippen LogP contribution in [-0.4, -0.2) is 32.5 Å². The molecule has 0 unspecified atom stereocenters. The molecule has 31 heavy (non-hydrogen) atoms. The van der Waals surface area contributed by atoms with Gasteiger partial charge < -0.3 is 14.5 Å². The van der Waals surface area contributed by atoms with Crippen molar-refractivity contribution < 1.29 is 14.3 Å². The third-order valence-corrected chi connectivity index (χ3v) is 5.21. The third kappa shape index (κ3) is 4.67. The Morgan fingerprint density at radius 2 is 1.61 bits per heavy atom. The topological polar surface area (TPSA) is 73.6 Å². The number of carbonyl (C=O) groups is 2. The minimum Gasteiger partial charge on any atom is -0.454 e. The Kier molecular flexibility index (Phi) is 6.56. The average molecular weight is 415 g/mol. The molecular formula is C25H25N3O3. The second kappa shape index (κ2) is 9.31. The van der Waals surface area contributed by atoms with Crippen LogP contribution in [0.15, 0.2) is 66.0 Å². The molecule has 0 aliphatic carbocycles. The first-order chi connectivity index (χ1) is 14.8. The summed E-state index contributed by atoms with van der Waals surface area (Å²) in [6, 6.07) is 17.5. The Labute approximate surface area is 182 Å². The number of nitrogens with zero attached hydrogens (tertiary/aromatic N) is 3. The van der Waals surface area contributed by atoms with Crippen LogP contribution in [-0.2, 0) is 14.3 Å². The molecule has 3 rings (SSSR count). The van der Waals surface area contributed by atoms with Crippen molar-refractivity contribution in [3.8, 4) is 6.07 Å². The monoisotopic (exact) mass is 415 g/mol. The molecule has 0 spiro atoms. The molecule has 0 radical (unpaired) electrons. The Morgan fingerprint density at radius 1 is 1.03 bits per heavy atom. The summed E-state index contributed by atoms with van der Waals surface area (Å²) in [4.78, 5) is 28.3. The second-order valence-corrected chi connectivity index (χ2v) is 7.60. The first-order valence-corrected chi connectivity index (χ1v) is 10.0. The maximum absolute atomic E-state index is 12.6. The number of hydrogen-bond acceptors (Lipinski definition) is 6. The van der Waals surface area contributed by atoms with Crippen molar-refractivity contribution in [2.45, 2.75) is 19.8 Å². The van der Waals surface area contributed by atoms with Gasteiger partial charge in [0.05, 0.1) is 11.4 Å². The van der Waals surface area contributed by atoms with Crippen molar-refractivity contribution in [1.82, 2.24) is 0 Å². The number of para-hydroxylation sites is 2. The molecule has 6 nitrogen and oxygen atoms in total. The van der Waals surface area contributed by atoms with Gasteiger partial charge in [-0.2, -0.15) is 5.26 Å². The molecule has 0 atom stereocenters. The van der Waals surface area contributed by atoms with Crippen molar-refractivity contribution in [1.29, 1.82) is 5.26 Å². The van der Waals surface area contributed by atoms with Crippen LogP contribution in [0.25, 0.3) is 6.08 Å². The fourth-order valence-corrected chi connectivity index (χ4v) is 3.47. The summed E-state index contributed by atoms with van der Waals surface area (Å²) in [5.41, 5.74) is 3.81. The van der Waals surface area contributed by atoms with E-state index >= 15 is 0 Å². The van der Waals surface area contributed by atoms with Gasteiger partial charge in [0.2, 0.25) is 5.78 Å². The molecule has 1 heterocycles. The number of ketones is 1. The lowest BCUT2D eigenvalue weighted by Gasteiger charge is -2.19. The van der Waals surface area contributed by atoms with Gasteiger partial charge in [-0.3, -0.25) is 4.79 Å². The molecule has 0 amide bonds. The molecule has 0 aromatic heterocycles. The Hall–Kier alpha value is -3.85. The molecular weight excluding hydrogens is 390 g/mol. The lowest BCUT2D eigenvalue weighted by Crippen LogP contribution is -2.27. The molecule has 1 aliphatic rings. The summed E-state index contributed by atoms with van der Waals surface area (Å²) in [5, 5.41) is 9.61. The maximum Gasteiger partial charge on any atom is 0.331 e. The van der Waals surface area contributed by atoms with Crippen LogP contribution >= 0.6 is 0 Å². The van der Waals surface area contributed by atoms with Crippen molar-refractivity contribution in [2.75, 3.05) is 30.5 Å². The third-order valence-electron chi connectivity index (χ3n) is 5.21. The average Bonchev–Trinajstić information content (AvgIpc) is 3.02. The van der Waals surface area contributed by atoms with Crippen LogP contribution in [0.2, 0.25) is 0 Å². The van der Waals surface area contributed by atoms with E-state index in [0.29, 0.717) is 11.7 Å². The highest BCUT2D eigenvalue weighted by molar-refractivity contribution is 6.04. The molecule has 0 bridgehead atoms. The number of esters is 1. The molecule has 2 aromatic rings. The standard InChI is InChI=1S/C25H25N3O3/c1-17(2)19-12-9-18(10-13-19)11-14-24(30)31-16-23(29)20(15-26)25-27(3)21-7-5-6-8-22(21)28(25)4/h5-14,17H,16H2,1-4H3/b14-11+. The van der Waals surface area contributed by atoms with E-state index < -0.39 is 18.4 Å². The Bertz CT molecular complexity index is 1060. The highest BCUT2D eigenvalue weighted by Gasteiger charge is 2.31. The number of rotatable bonds is 6. The molecule has 6 heteroatoms. The van der Waals surface area contributed by atoms with Gasteiger partial charge >= 0.3 is 5.97 Å². The summed E-state index contributed by atoms with van der Waals surface area (Å²) in [7, 11) is 3.59. The normalized spacial score (nSPS) is 12.8. The summed E-state index contributed by atoms with van der Waals surface area (Å²) in [6.45, 7) is 3.73. The zero-order chi connectivity index (χ0) is 22.5. The lowest BCUT2D eigenvalue weighted by molar-refractivity contribution is -0.141. The van der Waals surface area contributed by atoms with E-state index in [-0.39, 0.29) is 5.57 Å². The number of fused-ring (bicyclic) bond motifs is 1. The lowest BCUT2D eigenvalue weighted by atomic mass is 10.0. The SMILES string of the molecule is CC(C)c1ccc(/C=C/C(=O)OCC(=O)C(C#N)=C2N(C)c3ccccc3N2C)cc1. The quantitative estimate of drug-likeness (QED) is 0.399. The predicted octanol–water partition coefficient (Wildman–Crippen LogP) is 4.26. The molecule has 0 N–H and O–H groups in total. The first-order valence-electron chi connectivity index (χ1n) is 10.0. The smallest absolute Gasteiger partial charge is 0.331 e. The van der Waals surface area contributed by atoms with Gasteiger partial charge in [-0.1, -0.05) is 50.2 Å². The van der Waals surface area contributed by atoms with E-state index in [1.54, 1.807) is 30.0 Å². The van der Waals surface area contributed by atoms with E-state index in [4.69, 9.17) is 4.74 Å². The highest BCUT2D eigenvalue weighted by atomic mass is 16.5. The van der Waals surface area contributed by atoms with Gasteiger partial charge in [-0.15, -0.1) is 0 Å². The maximum atomic E-state index is 12.6. The van der Waals surface area contributed by atoms with Gasteiger partial charge in [-0.05, 0) is 35.3 Å². The molecule has 158 valence electrons. The predicted molar refractivity (Wildman–Crippen MR) is 121 cm³/mol. The number of ether oxygens (including phenoxy) is 1. The van der Waals surface area contributed by atoms with E-state index in [2.05, 4.69) is 13.8 Å². The first kappa shape index (κ1) is 21.8. The van der Waals surface area contributed by atoms with E-state index in [1.807, 2.05) is 54.6 Å². The molecule has 1 aliphatic heterocycles. The zero-order valence-electron chi connectivity index (χ0n) is 18.1. The zero-order valence-corrected chi connectivity index (χ0v) is 18.1. The van der Waals surface area contributed by atoms with E-state index in [9.17, 15) is 14.9 Å². The van der Waals surface area contributed by atoms with Gasteiger partial charge in [-0.25, -0.2) is 4.79 Å². The van der Waals surface area contributed by atoms with Crippen LogP contribution in [0.1, 0.15) is 30.9 Å². The largest absolute Gasteiger partial charge is 0.454 e. The minimum atomic E-state index is -0.639. The molecule has 2 aromatic carbocycles. The second-order valence-electron chi connectivity index (χ2n) is 7.60. The number of anilines is 2. The van der Waals surface area contributed by atoms with Crippen LogP contribution < -0.4 is 9.80 Å². The Morgan fingerprint density at radius 3 is 2.13 bits per heavy atom. The number of carbonyl (C=O) groups excluding carboxylic acids is 2. The minimum absolute atomic E-state index is 0.0535. The van der Waals surface area contributed by atoms with Crippen molar-refractivity contribution in [3.05, 3.63) is 77.1 Å². The number of benzene rings is 2. The number of Topliss-reactive ketones (excluding diaryl/α,β-unsaturated/α-hetero) is 1. The van der Waals surface area contributed by atoms with E-state index in [0.717, 1.165) is 16.9 Å². The van der Waals surface area contributed by atoms with Gasteiger partial charge in [0.15, 0.2) is 6.61 Å². The molecule has 0 saturated heterocycles. The summed E-state index contributed by atoms with van der Waals surface area (Å²) >= 11 is 0. The van der Waals surface area contributed by atoms with Gasteiger partial charge in [0, 0.05) is 20.2 Å². The Balaban J connectivity index is 1.66. The van der Waals surface area contributed by atoms with Gasteiger partial charge in [0.1, 0.15) is 17.5 Å². The fourth-order valence-electron chi connectivity index (χ4n) is 3.47. The molecule has 0 fully saturated rings. The van der Waals surface area contributed by atoms with Crippen molar-refractivity contribution in [2.24, 2.45) is 0 Å². The number of hydrogen-bond donors (Lipinski definition) is 0. The van der Waals surface area contributed by atoms with Crippen LogP contribution in [0, 0.1) is 11.3 Å². The van der Waals surface area contributed by atoms with Crippen molar-refractivity contribution >= 4 is 29.2 Å². The summed E-state index contributed by atoms with van der Waals surface area (Å²) < 4.78 is 5.08. The van der Waals surface area contributed by atoms with Crippen LogP contribution in [0.4, 0.5) is 11.4 Å². The van der Waals surface area contributed by atoms with E-state index in [1.165, 1.54) is 11.6 Å². The summed E-state index contributed by atoms with van der Waals surface area (Å²) in [5.74, 6) is -0.291. The van der Waals surface area contributed by atoms with Crippen LogP contribution in [0.3, 0.4) is 0 Å². The van der Waals surface area contributed by atoms with Gasteiger partial charge in [0.25, 0.3) is 0 Å².